The average Bonchev–Trinajstić information content (AvgIpc) is 2.65. The van der Waals surface area contributed by atoms with Crippen molar-refractivity contribution in [1.82, 2.24) is 4.98 Å². The summed E-state index contributed by atoms with van der Waals surface area (Å²) < 4.78 is 0. The van der Waals surface area contributed by atoms with Gasteiger partial charge >= 0.3 is 5.97 Å². The highest BCUT2D eigenvalue weighted by Crippen LogP contribution is 2.27. The first-order chi connectivity index (χ1) is 7.58. The van der Waals surface area contributed by atoms with Gasteiger partial charge in [0.1, 0.15) is 5.01 Å². The molecule has 1 heterocycles. The normalized spacial score (nSPS) is 10.4. The van der Waals surface area contributed by atoms with Crippen LogP contribution in [0.5, 0.6) is 0 Å². The smallest absolute Gasteiger partial charge is 0.335 e. The number of aromatic carboxylic acids is 1. The summed E-state index contributed by atoms with van der Waals surface area (Å²) in [6.45, 7) is 3.88. The highest BCUT2D eigenvalue weighted by atomic mass is 32.1. The summed E-state index contributed by atoms with van der Waals surface area (Å²) in [5.74, 6) is -0.908. The number of aryl methyl sites for hydroxylation is 2. The SMILES string of the molecule is Cc1csc(-c2cc(C(=O)O)ccc2C)n1. The lowest BCUT2D eigenvalue weighted by Crippen LogP contribution is -1.97. The lowest BCUT2D eigenvalue weighted by molar-refractivity contribution is 0.0697. The molecule has 0 saturated carbocycles. The molecule has 82 valence electrons. The van der Waals surface area contributed by atoms with Crippen molar-refractivity contribution in [1.29, 1.82) is 0 Å². The van der Waals surface area contributed by atoms with Crippen LogP contribution in [-0.4, -0.2) is 16.1 Å². The molecule has 4 heteroatoms. The van der Waals surface area contributed by atoms with Crippen molar-refractivity contribution in [2.45, 2.75) is 13.8 Å². The van der Waals surface area contributed by atoms with Crippen LogP contribution in [0.1, 0.15) is 21.6 Å². The first-order valence-electron chi connectivity index (χ1n) is 4.84. The van der Waals surface area contributed by atoms with Crippen LogP contribution >= 0.6 is 11.3 Å². The summed E-state index contributed by atoms with van der Waals surface area (Å²) in [6.07, 6.45) is 0. The van der Waals surface area contributed by atoms with E-state index < -0.39 is 5.97 Å². The summed E-state index contributed by atoms with van der Waals surface area (Å²) >= 11 is 1.53. The molecular weight excluding hydrogens is 222 g/mol. The highest BCUT2D eigenvalue weighted by molar-refractivity contribution is 7.13. The molecule has 1 aromatic heterocycles. The second-order valence-electron chi connectivity index (χ2n) is 3.63. The van der Waals surface area contributed by atoms with Crippen LogP contribution in [0, 0.1) is 13.8 Å². The van der Waals surface area contributed by atoms with Crippen LogP contribution < -0.4 is 0 Å². The molecule has 3 nitrogen and oxygen atoms in total. The molecule has 0 amide bonds. The second-order valence-corrected chi connectivity index (χ2v) is 4.49. The lowest BCUT2D eigenvalue weighted by atomic mass is 10.1. The Bertz CT molecular complexity index is 546. The van der Waals surface area contributed by atoms with Gasteiger partial charge in [-0.05, 0) is 31.5 Å². The van der Waals surface area contributed by atoms with Crippen molar-refractivity contribution in [3.05, 3.63) is 40.4 Å². The predicted octanol–water partition coefficient (Wildman–Crippen LogP) is 3.13. The number of rotatable bonds is 2. The Balaban J connectivity index is 2.55. The minimum absolute atomic E-state index is 0.299. The Kier molecular flexibility index (Phi) is 2.75. The molecule has 16 heavy (non-hydrogen) atoms. The second kappa shape index (κ2) is 4.06. The van der Waals surface area contributed by atoms with Gasteiger partial charge in [-0.25, -0.2) is 9.78 Å². The van der Waals surface area contributed by atoms with E-state index in [2.05, 4.69) is 4.98 Å². The van der Waals surface area contributed by atoms with Gasteiger partial charge in [0.2, 0.25) is 0 Å². The van der Waals surface area contributed by atoms with E-state index in [1.54, 1.807) is 12.1 Å². The Morgan fingerprint density at radius 2 is 2.12 bits per heavy atom. The van der Waals surface area contributed by atoms with E-state index in [1.165, 1.54) is 11.3 Å². The standard InChI is InChI=1S/C12H11NO2S/c1-7-3-4-9(12(14)15)5-10(7)11-13-8(2)6-16-11/h3-6H,1-2H3,(H,14,15). The number of hydrogen-bond donors (Lipinski definition) is 1. The van der Waals surface area contributed by atoms with Crippen LogP contribution in [-0.2, 0) is 0 Å². The molecule has 0 aliphatic carbocycles. The summed E-state index contributed by atoms with van der Waals surface area (Å²) in [4.78, 5) is 15.3. The highest BCUT2D eigenvalue weighted by Gasteiger charge is 2.10. The molecule has 0 aliphatic rings. The van der Waals surface area contributed by atoms with Crippen molar-refractivity contribution in [3.63, 3.8) is 0 Å². The summed E-state index contributed by atoms with van der Waals surface area (Å²) in [5, 5.41) is 11.8. The number of hydrogen-bond acceptors (Lipinski definition) is 3. The number of benzene rings is 1. The minimum atomic E-state index is -0.908. The molecule has 2 aromatic rings. The Morgan fingerprint density at radius 3 is 2.69 bits per heavy atom. The van der Waals surface area contributed by atoms with Gasteiger partial charge in [-0.2, -0.15) is 0 Å². The maximum Gasteiger partial charge on any atom is 0.335 e. The van der Waals surface area contributed by atoms with Crippen molar-refractivity contribution in [2.24, 2.45) is 0 Å². The number of carbonyl (C=O) groups is 1. The fourth-order valence-corrected chi connectivity index (χ4v) is 2.34. The predicted molar refractivity (Wildman–Crippen MR) is 64.0 cm³/mol. The molecule has 2 rings (SSSR count). The third kappa shape index (κ3) is 1.97. The van der Waals surface area contributed by atoms with Crippen LogP contribution in [0.25, 0.3) is 10.6 Å². The third-order valence-corrected chi connectivity index (χ3v) is 3.33. The summed E-state index contributed by atoms with van der Waals surface area (Å²) in [5.41, 5.74) is 3.20. The topological polar surface area (TPSA) is 50.2 Å². The van der Waals surface area contributed by atoms with E-state index in [1.807, 2.05) is 25.3 Å². The van der Waals surface area contributed by atoms with E-state index in [-0.39, 0.29) is 0 Å². The van der Waals surface area contributed by atoms with Gasteiger partial charge in [-0.1, -0.05) is 6.07 Å². The Morgan fingerprint density at radius 1 is 1.38 bits per heavy atom. The van der Waals surface area contributed by atoms with E-state index >= 15 is 0 Å². The van der Waals surface area contributed by atoms with Gasteiger partial charge in [0.15, 0.2) is 0 Å². The average molecular weight is 233 g/mol. The third-order valence-electron chi connectivity index (χ3n) is 2.33. The van der Waals surface area contributed by atoms with Gasteiger partial charge in [-0.15, -0.1) is 11.3 Å². The fraction of sp³-hybridized carbons (Fsp3) is 0.167. The summed E-state index contributed by atoms with van der Waals surface area (Å²) in [6, 6.07) is 5.10. The molecule has 0 unspecified atom stereocenters. The van der Waals surface area contributed by atoms with Gasteiger partial charge in [0.05, 0.1) is 5.56 Å². The maximum atomic E-state index is 10.9. The molecule has 0 aliphatic heterocycles. The number of thiazole rings is 1. The van der Waals surface area contributed by atoms with Gasteiger partial charge in [0.25, 0.3) is 0 Å². The van der Waals surface area contributed by atoms with Crippen molar-refractivity contribution in [2.75, 3.05) is 0 Å². The Labute approximate surface area is 97.4 Å². The van der Waals surface area contributed by atoms with Gasteiger partial charge in [-0.3, -0.25) is 0 Å². The number of carboxylic acid groups (broad SMARTS) is 1. The van der Waals surface area contributed by atoms with E-state index in [0.29, 0.717) is 5.56 Å². The maximum absolute atomic E-state index is 10.9. The molecule has 0 radical (unpaired) electrons. The zero-order chi connectivity index (χ0) is 11.7. The molecule has 0 bridgehead atoms. The Hall–Kier alpha value is -1.68. The number of aromatic nitrogens is 1. The molecular formula is C12H11NO2S. The number of carboxylic acids is 1. The van der Waals surface area contributed by atoms with Crippen LogP contribution in [0.3, 0.4) is 0 Å². The number of nitrogens with zero attached hydrogens (tertiary/aromatic N) is 1. The van der Waals surface area contributed by atoms with E-state index in [4.69, 9.17) is 5.11 Å². The van der Waals surface area contributed by atoms with Crippen molar-refractivity contribution >= 4 is 17.3 Å². The van der Waals surface area contributed by atoms with Gasteiger partial charge < -0.3 is 5.11 Å². The van der Waals surface area contributed by atoms with E-state index in [0.717, 1.165) is 21.8 Å². The first-order valence-corrected chi connectivity index (χ1v) is 5.72. The van der Waals surface area contributed by atoms with Crippen LogP contribution in [0.2, 0.25) is 0 Å². The van der Waals surface area contributed by atoms with Crippen molar-refractivity contribution in [3.8, 4) is 10.6 Å². The van der Waals surface area contributed by atoms with Crippen LogP contribution in [0.15, 0.2) is 23.6 Å². The minimum Gasteiger partial charge on any atom is -0.478 e. The van der Waals surface area contributed by atoms with Crippen LogP contribution in [0.4, 0.5) is 0 Å². The van der Waals surface area contributed by atoms with Crippen molar-refractivity contribution < 1.29 is 9.90 Å². The monoisotopic (exact) mass is 233 g/mol. The molecule has 0 spiro atoms. The first kappa shape index (κ1) is 10.8. The molecule has 1 aromatic carbocycles. The van der Waals surface area contributed by atoms with E-state index in [9.17, 15) is 4.79 Å². The quantitative estimate of drug-likeness (QED) is 0.867. The zero-order valence-electron chi connectivity index (χ0n) is 9.02. The zero-order valence-corrected chi connectivity index (χ0v) is 9.84. The van der Waals surface area contributed by atoms with Gasteiger partial charge in [0, 0.05) is 16.6 Å². The largest absolute Gasteiger partial charge is 0.478 e. The molecule has 0 fully saturated rings. The molecule has 0 saturated heterocycles. The summed E-state index contributed by atoms with van der Waals surface area (Å²) in [7, 11) is 0. The fourth-order valence-electron chi connectivity index (χ4n) is 1.46. The molecule has 0 atom stereocenters. The molecule has 1 N–H and O–H groups in total. The lowest BCUT2D eigenvalue weighted by Gasteiger charge is -2.03.